The van der Waals surface area contributed by atoms with Gasteiger partial charge in [-0.15, -0.1) is 0 Å². The van der Waals surface area contributed by atoms with Crippen molar-refractivity contribution in [3.05, 3.63) is 36.2 Å². The number of nitrogens with two attached hydrogens (primary N) is 1. The van der Waals surface area contributed by atoms with Gasteiger partial charge in [0.25, 0.3) is 0 Å². The van der Waals surface area contributed by atoms with Crippen molar-refractivity contribution in [3.8, 4) is 5.75 Å². The monoisotopic (exact) mass is 373 g/mol. The number of nitrogens with zero attached hydrogens (tertiary/aromatic N) is 4. The maximum atomic E-state index is 11.2. The topological polar surface area (TPSA) is 116 Å². The number of carbonyl (C=O) groups is 1. The fourth-order valence-electron chi connectivity index (χ4n) is 2.40. The van der Waals surface area contributed by atoms with E-state index in [-0.39, 0.29) is 5.82 Å². The van der Waals surface area contributed by atoms with Crippen molar-refractivity contribution in [1.82, 2.24) is 19.5 Å². The van der Waals surface area contributed by atoms with Gasteiger partial charge in [0.05, 0.1) is 6.54 Å². The molecule has 0 aliphatic rings. The summed E-state index contributed by atoms with van der Waals surface area (Å²) in [6, 6.07) is 7.75. The van der Waals surface area contributed by atoms with Crippen LogP contribution < -0.4 is 10.5 Å². The number of imidazole rings is 1. The maximum Gasteiger partial charge on any atom is 0.316 e. The Labute approximate surface area is 154 Å². The van der Waals surface area contributed by atoms with Gasteiger partial charge in [0.2, 0.25) is 0 Å². The number of para-hydroxylation sites is 1. The smallest absolute Gasteiger partial charge is 0.316 e. The van der Waals surface area contributed by atoms with E-state index in [0.29, 0.717) is 29.5 Å². The molecule has 0 aliphatic heterocycles. The number of nitrogen functional groups attached to an aromatic ring is 1. The molecule has 0 bridgehead atoms. The molecule has 0 radical (unpaired) electrons. The van der Waals surface area contributed by atoms with E-state index >= 15 is 0 Å². The summed E-state index contributed by atoms with van der Waals surface area (Å²) >= 11 is 1.14. The summed E-state index contributed by atoms with van der Waals surface area (Å²) in [5, 5.41) is 9.05. The zero-order valence-corrected chi connectivity index (χ0v) is 15.2. The predicted octanol–water partition coefficient (Wildman–Crippen LogP) is 2.36. The first-order valence-electron chi connectivity index (χ1n) is 8.02. The zero-order valence-electron chi connectivity index (χ0n) is 14.4. The summed E-state index contributed by atoms with van der Waals surface area (Å²) in [5.74, 6) is 0.154. The quantitative estimate of drug-likeness (QED) is 0.606. The fraction of sp³-hybridized carbons (Fsp3) is 0.294. The van der Waals surface area contributed by atoms with Gasteiger partial charge in [0.1, 0.15) is 23.9 Å². The van der Waals surface area contributed by atoms with Crippen LogP contribution in [-0.4, -0.2) is 42.5 Å². The first-order chi connectivity index (χ1) is 12.5. The van der Waals surface area contributed by atoms with E-state index in [0.717, 1.165) is 23.1 Å². The van der Waals surface area contributed by atoms with Crippen LogP contribution in [0.15, 0.2) is 35.7 Å². The van der Waals surface area contributed by atoms with Crippen LogP contribution in [0.2, 0.25) is 0 Å². The minimum atomic E-state index is -0.913. The van der Waals surface area contributed by atoms with Crippen molar-refractivity contribution >= 4 is 34.7 Å². The van der Waals surface area contributed by atoms with E-state index < -0.39 is 11.2 Å². The molecule has 0 amide bonds. The minimum absolute atomic E-state index is 0.262. The number of carboxylic acids is 1. The van der Waals surface area contributed by atoms with Crippen molar-refractivity contribution < 1.29 is 14.6 Å². The van der Waals surface area contributed by atoms with E-state index in [1.54, 1.807) is 6.92 Å². The Morgan fingerprint density at radius 2 is 2.15 bits per heavy atom. The van der Waals surface area contributed by atoms with Crippen molar-refractivity contribution in [2.45, 2.75) is 30.8 Å². The summed E-state index contributed by atoms with van der Waals surface area (Å²) in [7, 11) is 0. The highest BCUT2D eigenvalue weighted by Crippen LogP contribution is 2.28. The van der Waals surface area contributed by atoms with Crippen LogP contribution in [-0.2, 0) is 11.3 Å². The molecule has 3 rings (SSSR count). The number of aromatic nitrogens is 4. The third-order valence-electron chi connectivity index (χ3n) is 3.82. The Kier molecular flexibility index (Phi) is 5.27. The van der Waals surface area contributed by atoms with Crippen LogP contribution in [0.5, 0.6) is 5.75 Å². The first-order valence-corrected chi connectivity index (χ1v) is 8.90. The molecule has 26 heavy (non-hydrogen) atoms. The summed E-state index contributed by atoms with van der Waals surface area (Å²) in [6.45, 7) is 4.42. The van der Waals surface area contributed by atoms with Crippen LogP contribution in [0.3, 0.4) is 0 Å². The highest BCUT2D eigenvalue weighted by atomic mass is 32.2. The highest BCUT2D eigenvalue weighted by Gasteiger charge is 2.20. The Morgan fingerprint density at radius 3 is 2.88 bits per heavy atom. The highest BCUT2D eigenvalue weighted by molar-refractivity contribution is 8.00. The van der Waals surface area contributed by atoms with Gasteiger partial charge in [-0.2, -0.15) is 0 Å². The lowest BCUT2D eigenvalue weighted by molar-refractivity contribution is -0.136. The molecule has 0 saturated heterocycles. The van der Waals surface area contributed by atoms with E-state index in [1.807, 2.05) is 35.8 Å². The van der Waals surface area contributed by atoms with Crippen molar-refractivity contribution in [1.29, 1.82) is 0 Å². The molecule has 0 aliphatic carbocycles. The Morgan fingerprint density at radius 1 is 1.38 bits per heavy atom. The second kappa shape index (κ2) is 7.61. The molecule has 9 heteroatoms. The van der Waals surface area contributed by atoms with Crippen LogP contribution in [0.1, 0.15) is 12.5 Å². The molecular weight excluding hydrogens is 354 g/mol. The second-order valence-corrected chi connectivity index (χ2v) is 7.00. The first kappa shape index (κ1) is 18.0. The lowest BCUT2D eigenvalue weighted by Crippen LogP contribution is -2.15. The Balaban J connectivity index is 1.86. The molecular formula is C17H19N5O3S. The number of hydrogen-bond donors (Lipinski definition) is 2. The summed E-state index contributed by atoms with van der Waals surface area (Å²) in [6.07, 6.45) is 1.37. The number of fused-ring (bicyclic) bond motifs is 1. The number of thioether (sulfide) groups is 1. The van der Waals surface area contributed by atoms with Gasteiger partial charge in [-0.25, -0.2) is 15.0 Å². The molecule has 1 unspecified atom stereocenters. The normalized spacial score (nSPS) is 12.2. The summed E-state index contributed by atoms with van der Waals surface area (Å²) in [4.78, 5) is 23.8. The third kappa shape index (κ3) is 3.72. The van der Waals surface area contributed by atoms with Gasteiger partial charge in [0.15, 0.2) is 22.1 Å². The minimum Gasteiger partial charge on any atom is -0.491 e. The van der Waals surface area contributed by atoms with Crippen molar-refractivity contribution in [2.24, 2.45) is 0 Å². The predicted molar refractivity (Wildman–Crippen MR) is 99.4 cm³/mol. The number of benzene rings is 1. The molecule has 0 saturated carbocycles. The lowest BCUT2D eigenvalue weighted by Gasteiger charge is -2.12. The molecule has 1 atom stereocenters. The molecule has 1 aromatic carbocycles. The number of hydrogen-bond acceptors (Lipinski definition) is 7. The van der Waals surface area contributed by atoms with Gasteiger partial charge in [-0.05, 0) is 25.5 Å². The standard InChI is InChI=1S/C17H19N5O3S/c1-10-5-3-4-6-12(10)25-8-7-22-15-13(14(18)19-9-20-15)21-17(22)26-11(2)16(23)24/h3-6,9,11H,7-8H2,1-2H3,(H,23,24)(H2,18,19,20). The number of rotatable bonds is 7. The Bertz CT molecular complexity index is 943. The van der Waals surface area contributed by atoms with Gasteiger partial charge in [0, 0.05) is 0 Å². The molecule has 3 aromatic rings. The van der Waals surface area contributed by atoms with E-state index in [1.165, 1.54) is 6.33 Å². The number of aliphatic carboxylic acids is 1. The molecule has 0 spiro atoms. The average Bonchev–Trinajstić information content (AvgIpc) is 2.95. The Hall–Kier alpha value is -2.81. The van der Waals surface area contributed by atoms with E-state index in [4.69, 9.17) is 10.5 Å². The van der Waals surface area contributed by atoms with Crippen LogP contribution >= 0.6 is 11.8 Å². The molecule has 2 heterocycles. The number of aryl methyl sites for hydroxylation is 1. The van der Waals surface area contributed by atoms with Crippen LogP contribution in [0.25, 0.3) is 11.2 Å². The van der Waals surface area contributed by atoms with E-state index in [2.05, 4.69) is 15.0 Å². The molecule has 3 N–H and O–H groups in total. The second-order valence-electron chi connectivity index (χ2n) is 5.69. The van der Waals surface area contributed by atoms with Crippen LogP contribution in [0, 0.1) is 6.92 Å². The summed E-state index contributed by atoms with van der Waals surface area (Å²) < 4.78 is 7.66. The largest absolute Gasteiger partial charge is 0.491 e. The molecule has 136 valence electrons. The van der Waals surface area contributed by atoms with Gasteiger partial charge in [-0.1, -0.05) is 30.0 Å². The molecule has 2 aromatic heterocycles. The third-order valence-corrected chi connectivity index (χ3v) is 4.90. The number of carboxylic acid groups (broad SMARTS) is 1. The van der Waals surface area contributed by atoms with Gasteiger partial charge >= 0.3 is 5.97 Å². The number of ether oxygens (including phenoxy) is 1. The van der Waals surface area contributed by atoms with E-state index in [9.17, 15) is 9.90 Å². The average molecular weight is 373 g/mol. The lowest BCUT2D eigenvalue weighted by atomic mass is 10.2. The van der Waals surface area contributed by atoms with Crippen molar-refractivity contribution in [3.63, 3.8) is 0 Å². The zero-order chi connectivity index (χ0) is 18.7. The molecule has 8 nitrogen and oxygen atoms in total. The maximum absolute atomic E-state index is 11.2. The SMILES string of the molecule is Cc1ccccc1OCCn1c(SC(C)C(=O)O)nc2c(N)ncnc21. The summed E-state index contributed by atoms with van der Waals surface area (Å²) in [5.41, 5.74) is 7.95. The van der Waals surface area contributed by atoms with Crippen LogP contribution in [0.4, 0.5) is 5.82 Å². The number of anilines is 1. The molecule has 0 fully saturated rings. The fourth-order valence-corrected chi connectivity index (χ4v) is 3.27. The van der Waals surface area contributed by atoms with Gasteiger partial charge < -0.3 is 20.1 Å². The van der Waals surface area contributed by atoms with Crippen molar-refractivity contribution in [2.75, 3.05) is 12.3 Å². The van der Waals surface area contributed by atoms with Gasteiger partial charge in [-0.3, -0.25) is 4.79 Å².